The number of carbonyl (C=O) groups is 2. The number of benzene rings is 2. The summed E-state index contributed by atoms with van der Waals surface area (Å²) in [5.41, 5.74) is 4.99. The van der Waals surface area contributed by atoms with Crippen molar-refractivity contribution in [2.45, 2.75) is 19.9 Å². The number of hydrogen-bond acceptors (Lipinski definition) is 3. The molecule has 1 amide bonds. The summed E-state index contributed by atoms with van der Waals surface area (Å²) in [5.74, 6) is -1.14. The van der Waals surface area contributed by atoms with E-state index in [1.165, 1.54) is 0 Å². The molecule has 0 spiro atoms. The van der Waals surface area contributed by atoms with Crippen LogP contribution in [0.2, 0.25) is 5.02 Å². The molecule has 156 valence electrons. The fraction of sp³-hybridized carbons (Fsp3) is 0.125. The van der Waals surface area contributed by atoms with Crippen molar-refractivity contribution in [2.24, 2.45) is 0 Å². The summed E-state index contributed by atoms with van der Waals surface area (Å²) in [6, 6.07) is 18.0. The maximum atomic E-state index is 12.9. The van der Waals surface area contributed by atoms with E-state index in [4.69, 9.17) is 16.7 Å². The number of aryl methyl sites for hydroxylation is 1. The Bertz CT molecular complexity index is 1260. The molecular formula is C24H20ClN3O3. The van der Waals surface area contributed by atoms with Gasteiger partial charge in [-0.2, -0.15) is 0 Å². The van der Waals surface area contributed by atoms with Crippen LogP contribution in [0.25, 0.3) is 16.8 Å². The van der Waals surface area contributed by atoms with Crippen LogP contribution in [0.4, 0.5) is 0 Å². The van der Waals surface area contributed by atoms with Crippen LogP contribution in [0, 0.1) is 0 Å². The number of rotatable bonds is 6. The van der Waals surface area contributed by atoms with Crippen LogP contribution in [-0.2, 0) is 13.0 Å². The van der Waals surface area contributed by atoms with Gasteiger partial charge >= 0.3 is 5.97 Å². The summed E-state index contributed by atoms with van der Waals surface area (Å²) < 4.78 is 1.75. The molecule has 2 N–H and O–H groups in total. The molecule has 2 aromatic heterocycles. The highest BCUT2D eigenvalue weighted by Gasteiger charge is 2.18. The maximum absolute atomic E-state index is 12.9. The first-order chi connectivity index (χ1) is 15.0. The van der Waals surface area contributed by atoms with Gasteiger partial charge in [0.05, 0.1) is 11.3 Å². The van der Waals surface area contributed by atoms with E-state index in [2.05, 4.69) is 10.3 Å². The van der Waals surface area contributed by atoms with Gasteiger partial charge in [0.25, 0.3) is 5.91 Å². The standard InChI is InChI=1S/C24H20ClN3O3/c1-2-20-22(28-12-11-19(25)13-21(28)27-20)23(29)26-14-15-3-5-16(6-4-15)17-7-9-18(10-8-17)24(30)31/h3-13H,2,14H2,1H3,(H,26,29)(H,30,31). The van der Waals surface area contributed by atoms with Crippen molar-refractivity contribution in [2.75, 3.05) is 0 Å². The Labute approximate surface area is 184 Å². The average Bonchev–Trinajstić information content (AvgIpc) is 3.15. The third-order valence-electron chi connectivity index (χ3n) is 5.08. The number of aromatic carboxylic acids is 1. The molecule has 0 fully saturated rings. The van der Waals surface area contributed by atoms with Gasteiger partial charge in [0, 0.05) is 23.8 Å². The average molecular weight is 434 g/mol. The Morgan fingerprint density at radius 1 is 1.03 bits per heavy atom. The number of amides is 1. The zero-order chi connectivity index (χ0) is 22.0. The molecule has 0 unspecified atom stereocenters. The minimum Gasteiger partial charge on any atom is -0.478 e. The summed E-state index contributed by atoms with van der Waals surface area (Å²) in [6.45, 7) is 2.34. The van der Waals surface area contributed by atoms with Crippen molar-refractivity contribution in [3.05, 3.63) is 94.4 Å². The topological polar surface area (TPSA) is 83.7 Å². The number of imidazole rings is 1. The van der Waals surface area contributed by atoms with Crippen molar-refractivity contribution in [1.29, 1.82) is 0 Å². The molecule has 0 saturated carbocycles. The Kier molecular flexibility index (Phi) is 5.73. The summed E-state index contributed by atoms with van der Waals surface area (Å²) in [4.78, 5) is 28.4. The lowest BCUT2D eigenvalue weighted by molar-refractivity contribution is 0.0696. The summed E-state index contributed by atoms with van der Waals surface area (Å²) >= 11 is 6.04. The van der Waals surface area contributed by atoms with E-state index < -0.39 is 5.97 Å². The van der Waals surface area contributed by atoms with E-state index in [9.17, 15) is 9.59 Å². The molecule has 0 saturated heterocycles. The number of halogens is 1. The number of pyridine rings is 1. The minimum atomic E-state index is -0.946. The molecule has 0 aliphatic rings. The van der Waals surface area contributed by atoms with Gasteiger partial charge < -0.3 is 10.4 Å². The smallest absolute Gasteiger partial charge is 0.335 e. The third kappa shape index (κ3) is 4.29. The molecule has 0 aliphatic heterocycles. The second-order valence-corrected chi connectivity index (χ2v) is 7.53. The number of fused-ring (bicyclic) bond motifs is 1. The predicted molar refractivity (Wildman–Crippen MR) is 120 cm³/mol. The summed E-state index contributed by atoms with van der Waals surface area (Å²) in [7, 11) is 0. The lowest BCUT2D eigenvalue weighted by Gasteiger charge is -2.08. The van der Waals surface area contributed by atoms with Crippen LogP contribution in [-0.4, -0.2) is 26.4 Å². The van der Waals surface area contributed by atoms with Gasteiger partial charge in [-0.25, -0.2) is 9.78 Å². The lowest BCUT2D eigenvalue weighted by Crippen LogP contribution is -2.25. The number of hydrogen-bond donors (Lipinski definition) is 2. The molecule has 2 aromatic carbocycles. The van der Waals surface area contributed by atoms with E-state index >= 15 is 0 Å². The van der Waals surface area contributed by atoms with Crippen molar-refractivity contribution in [1.82, 2.24) is 14.7 Å². The molecule has 4 aromatic rings. The number of aromatic nitrogens is 2. The van der Waals surface area contributed by atoms with E-state index in [1.54, 1.807) is 47.0 Å². The van der Waals surface area contributed by atoms with Crippen molar-refractivity contribution < 1.29 is 14.7 Å². The largest absolute Gasteiger partial charge is 0.478 e. The molecule has 7 heteroatoms. The van der Waals surface area contributed by atoms with E-state index in [1.807, 2.05) is 31.2 Å². The van der Waals surface area contributed by atoms with Gasteiger partial charge in [0.1, 0.15) is 11.3 Å². The number of carboxylic acids is 1. The fourth-order valence-electron chi connectivity index (χ4n) is 3.44. The first-order valence-corrected chi connectivity index (χ1v) is 10.2. The van der Waals surface area contributed by atoms with Crippen LogP contribution < -0.4 is 5.32 Å². The zero-order valence-corrected chi connectivity index (χ0v) is 17.6. The van der Waals surface area contributed by atoms with E-state index in [0.29, 0.717) is 29.3 Å². The van der Waals surface area contributed by atoms with Gasteiger partial charge in [-0.1, -0.05) is 54.9 Å². The highest BCUT2D eigenvalue weighted by Crippen LogP contribution is 2.21. The van der Waals surface area contributed by atoms with Crippen molar-refractivity contribution in [3.63, 3.8) is 0 Å². The number of nitrogens with one attached hydrogen (secondary N) is 1. The van der Waals surface area contributed by atoms with Crippen molar-refractivity contribution in [3.8, 4) is 11.1 Å². The SMILES string of the molecule is CCc1nc2cc(Cl)ccn2c1C(=O)NCc1ccc(-c2ccc(C(=O)O)cc2)cc1. The maximum Gasteiger partial charge on any atom is 0.335 e. The van der Waals surface area contributed by atoms with E-state index in [-0.39, 0.29) is 11.5 Å². The highest BCUT2D eigenvalue weighted by molar-refractivity contribution is 6.30. The Balaban J connectivity index is 1.48. The van der Waals surface area contributed by atoms with Gasteiger partial charge in [-0.15, -0.1) is 0 Å². The summed E-state index contributed by atoms with van der Waals surface area (Å²) in [6.07, 6.45) is 2.39. The molecular weight excluding hydrogens is 414 g/mol. The van der Waals surface area contributed by atoms with Crippen LogP contribution in [0.1, 0.15) is 39.0 Å². The summed E-state index contributed by atoms with van der Waals surface area (Å²) in [5, 5.41) is 12.6. The fourth-order valence-corrected chi connectivity index (χ4v) is 3.60. The Hall–Kier alpha value is -3.64. The second-order valence-electron chi connectivity index (χ2n) is 7.10. The molecule has 4 rings (SSSR count). The minimum absolute atomic E-state index is 0.194. The Morgan fingerprint density at radius 3 is 2.29 bits per heavy atom. The normalized spacial score (nSPS) is 10.9. The van der Waals surface area contributed by atoms with Crippen molar-refractivity contribution >= 4 is 29.1 Å². The number of nitrogens with zero attached hydrogens (tertiary/aromatic N) is 2. The second kappa shape index (κ2) is 8.62. The van der Waals surface area contributed by atoms with Gasteiger partial charge in [0.2, 0.25) is 0 Å². The highest BCUT2D eigenvalue weighted by atomic mass is 35.5. The first-order valence-electron chi connectivity index (χ1n) is 9.83. The van der Waals surface area contributed by atoms with Gasteiger partial charge in [-0.3, -0.25) is 9.20 Å². The predicted octanol–water partition coefficient (Wildman–Crippen LogP) is 4.85. The molecule has 0 aliphatic carbocycles. The van der Waals surface area contributed by atoms with Gasteiger partial charge in [0.15, 0.2) is 0 Å². The molecule has 0 bridgehead atoms. The quantitative estimate of drug-likeness (QED) is 0.455. The first kappa shape index (κ1) is 20.6. The zero-order valence-electron chi connectivity index (χ0n) is 16.8. The number of carbonyl (C=O) groups excluding carboxylic acids is 1. The molecule has 0 atom stereocenters. The van der Waals surface area contributed by atoms with Crippen LogP contribution in [0.3, 0.4) is 0 Å². The molecule has 0 radical (unpaired) electrons. The molecule has 2 heterocycles. The van der Waals surface area contributed by atoms with Crippen LogP contribution in [0.15, 0.2) is 66.9 Å². The molecule has 6 nitrogen and oxygen atoms in total. The Morgan fingerprint density at radius 2 is 1.68 bits per heavy atom. The monoisotopic (exact) mass is 433 g/mol. The lowest BCUT2D eigenvalue weighted by atomic mass is 10.0. The molecule has 31 heavy (non-hydrogen) atoms. The third-order valence-corrected chi connectivity index (χ3v) is 5.32. The number of carboxylic acid groups (broad SMARTS) is 1. The van der Waals surface area contributed by atoms with Gasteiger partial charge in [-0.05, 0) is 41.3 Å². The van der Waals surface area contributed by atoms with Crippen LogP contribution >= 0.6 is 11.6 Å². The van der Waals surface area contributed by atoms with E-state index in [0.717, 1.165) is 22.4 Å². The van der Waals surface area contributed by atoms with Crippen LogP contribution in [0.5, 0.6) is 0 Å².